The predicted molar refractivity (Wildman–Crippen MR) is 158 cm³/mol. The first kappa shape index (κ1) is 21.0. The van der Waals surface area contributed by atoms with Gasteiger partial charge in [0.1, 0.15) is 5.75 Å². The molecule has 0 aromatic heterocycles. The predicted octanol–water partition coefficient (Wildman–Crippen LogP) is 4.39. The third-order valence-electron chi connectivity index (χ3n) is 8.44. The van der Waals surface area contributed by atoms with E-state index in [0.29, 0.717) is 0 Å². The molecule has 0 saturated carbocycles. The fraction of sp³-hybridized carbons (Fsp3) is 0.0909. The van der Waals surface area contributed by atoms with E-state index < -0.39 is 0 Å². The molecule has 8 rings (SSSR count). The second-order valence-corrected chi connectivity index (χ2v) is 10.7. The van der Waals surface area contributed by atoms with Crippen LogP contribution in [-0.2, 0) is 0 Å². The first-order valence-corrected chi connectivity index (χ1v) is 13.1. The fourth-order valence-corrected chi connectivity index (χ4v) is 7.15. The van der Waals surface area contributed by atoms with Crippen molar-refractivity contribution < 1.29 is 4.65 Å². The smallest absolute Gasteiger partial charge is 0.431 e. The molecule has 0 radical (unpaired) electrons. The quantitative estimate of drug-likeness (QED) is 0.329. The maximum absolute atomic E-state index is 6.80. The van der Waals surface area contributed by atoms with E-state index in [1.54, 1.807) is 0 Å². The Labute approximate surface area is 218 Å². The minimum absolute atomic E-state index is 0.126. The van der Waals surface area contributed by atoms with Crippen LogP contribution in [0.15, 0.2) is 97.1 Å². The number of para-hydroxylation sites is 3. The highest BCUT2D eigenvalue weighted by molar-refractivity contribution is 7.00. The number of fused-ring (bicyclic) bond motifs is 7. The van der Waals surface area contributed by atoms with Gasteiger partial charge in [-0.1, -0.05) is 101 Å². The Kier molecular flexibility index (Phi) is 4.21. The summed E-state index contributed by atoms with van der Waals surface area (Å²) in [6.45, 7) is 6.77. The molecule has 3 heterocycles. The summed E-state index contributed by atoms with van der Waals surface area (Å²) in [5.74, 6) is 0.959. The molecule has 0 bridgehead atoms. The highest BCUT2D eigenvalue weighted by Crippen LogP contribution is 2.43. The summed E-state index contributed by atoms with van der Waals surface area (Å²) in [5.41, 5.74) is 16.9. The number of hydrogen-bond acceptors (Lipinski definition) is 2. The SMILES string of the molecule is Cc1cc(C)c(B2c3ccccc3N3c4ccccc4B4Oc5ccccc5-c5ccc2c3c54)c(C)c1. The molecule has 0 amide bonds. The number of rotatable bonds is 1. The maximum Gasteiger partial charge on any atom is 0.431 e. The van der Waals surface area contributed by atoms with Crippen molar-refractivity contribution >= 4 is 58.0 Å². The summed E-state index contributed by atoms with van der Waals surface area (Å²) in [6, 6.07) is 35.6. The summed E-state index contributed by atoms with van der Waals surface area (Å²) in [7, 11) is 0. The highest BCUT2D eigenvalue weighted by Gasteiger charge is 2.47. The van der Waals surface area contributed by atoms with Gasteiger partial charge in [-0.3, -0.25) is 0 Å². The van der Waals surface area contributed by atoms with Crippen molar-refractivity contribution in [1.82, 2.24) is 0 Å². The van der Waals surface area contributed by atoms with Gasteiger partial charge >= 0.3 is 6.92 Å². The van der Waals surface area contributed by atoms with Crippen molar-refractivity contribution in [2.45, 2.75) is 20.8 Å². The molecular formula is C33H25B2NO. The van der Waals surface area contributed by atoms with E-state index in [1.807, 2.05) is 0 Å². The second kappa shape index (κ2) is 7.43. The van der Waals surface area contributed by atoms with Crippen LogP contribution in [0.25, 0.3) is 11.1 Å². The first-order chi connectivity index (χ1) is 18.1. The minimum atomic E-state index is -0.126. The highest BCUT2D eigenvalue weighted by atomic mass is 16.4. The fourth-order valence-electron chi connectivity index (χ4n) is 7.15. The lowest BCUT2D eigenvalue weighted by atomic mass is 9.32. The molecule has 0 aliphatic carbocycles. The molecule has 0 N–H and O–H groups in total. The molecule has 0 unspecified atom stereocenters. The second-order valence-electron chi connectivity index (χ2n) is 10.7. The van der Waals surface area contributed by atoms with E-state index in [9.17, 15) is 0 Å². The maximum atomic E-state index is 6.80. The summed E-state index contributed by atoms with van der Waals surface area (Å²) in [6.07, 6.45) is 0. The molecule has 5 aromatic rings. The molecule has 5 aromatic carbocycles. The largest absolute Gasteiger partial charge is 0.551 e. The van der Waals surface area contributed by atoms with Crippen LogP contribution in [0.4, 0.5) is 17.1 Å². The van der Waals surface area contributed by atoms with Gasteiger partial charge < -0.3 is 9.55 Å². The van der Waals surface area contributed by atoms with E-state index in [-0.39, 0.29) is 13.6 Å². The topological polar surface area (TPSA) is 12.5 Å². The zero-order valence-electron chi connectivity index (χ0n) is 21.2. The molecule has 0 saturated heterocycles. The van der Waals surface area contributed by atoms with Crippen molar-refractivity contribution in [2.75, 3.05) is 4.90 Å². The molecule has 0 atom stereocenters. The van der Waals surface area contributed by atoms with Crippen molar-refractivity contribution in [2.24, 2.45) is 0 Å². The minimum Gasteiger partial charge on any atom is -0.551 e. The Morgan fingerprint density at radius 1 is 0.595 bits per heavy atom. The van der Waals surface area contributed by atoms with Crippen molar-refractivity contribution in [1.29, 1.82) is 0 Å². The van der Waals surface area contributed by atoms with E-state index >= 15 is 0 Å². The van der Waals surface area contributed by atoms with Crippen LogP contribution >= 0.6 is 0 Å². The molecular weight excluding hydrogens is 448 g/mol. The van der Waals surface area contributed by atoms with Gasteiger partial charge in [-0.15, -0.1) is 0 Å². The molecule has 4 heteroatoms. The van der Waals surface area contributed by atoms with Gasteiger partial charge in [0.2, 0.25) is 6.71 Å². The van der Waals surface area contributed by atoms with E-state index in [4.69, 9.17) is 4.65 Å². The van der Waals surface area contributed by atoms with Gasteiger partial charge in [0.15, 0.2) is 0 Å². The number of nitrogens with zero attached hydrogens (tertiary/aromatic N) is 1. The Balaban J connectivity index is 1.52. The lowest BCUT2D eigenvalue weighted by molar-refractivity contribution is 0.590. The Hall–Kier alpha value is -4.17. The molecule has 37 heavy (non-hydrogen) atoms. The van der Waals surface area contributed by atoms with Gasteiger partial charge in [-0.25, -0.2) is 0 Å². The van der Waals surface area contributed by atoms with Crippen LogP contribution in [0.5, 0.6) is 5.75 Å². The molecule has 3 aliphatic rings. The average molecular weight is 473 g/mol. The number of aryl methyl sites for hydroxylation is 3. The average Bonchev–Trinajstić information content (AvgIpc) is 2.91. The number of hydrogen-bond donors (Lipinski definition) is 0. The van der Waals surface area contributed by atoms with Gasteiger partial charge in [0.25, 0.3) is 0 Å². The van der Waals surface area contributed by atoms with Gasteiger partial charge in [-0.05, 0) is 60.9 Å². The lowest BCUT2D eigenvalue weighted by Crippen LogP contribution is -2.65. The molecule has 0 spiro atoms. The summed E-state index contributed by atoms with van der Waals surface area (Å²) >= 11 is 0. The van der Waals surface area contributed by atoms with Crippen molar-refractivity contribution in [3.05, 3.63) is 114 Å². The zero-order chi connectivity index (χ0) is 24.8. The third kappa shape index (κ3) is 2.73. The molecule has 174 valence electrons. The zero-order valence-corrected chi connectivity index (χ0v) is 21.2. The Morgan fingerprint density at radius 2 is 1.24 bits per heavy atom. The van der Waals surface area contributed by atoms with Gasteiger partial charge in [0.05, 0.1) is 0 Å². The summed E-state index contributed by atoms with van der Waals surface area (Å²) < 4.78 is 6.80. The van der Waals surface area contributed by atoms with E-state index in [1.165, 1.54) is 72.2 Å². The number of anilines is 3. The first-order valence-electron chi connectivity index (χ1n) is 13.1. The Morgan fingerprint density at radius 3 is 2.03 bits per heavy atom. The van der Waals surface area contributed by atoms with Crippen LogP contribution in [0.3, 0.4) is 0 Å². The normalized spacial score (nSPS) is 13.9. The van der Waals surface area contributed by atoms with Crippen LogP contribution in [0, 0.1) is 20.8 Å². The van der Waals surface area contributed by atoms with Gasteiger partial charge in [0, 0.05) is 28.1 Å². The monoisotopic (exact) mass is 473 g/mol. The van der Waals surface area contributed by atoms with E-state index in [2.05, 4.69) is 123 Å². The van der Waals surface area contributed by atoms with Crippen molar-refractivity contribution in [3.63, 3.8) is 0 Å². The van der Waals surface area contributed by atoms with Crippen LogP contribution in [-0.4, -0.2) is 13.6 Å². The molecule has 2 nitrogen and oxygen atoms in total. The van der Waals surface area contributed by atoms with Crippen LogP contribution < -0.4 is 36.9 Å². The number of benzene rings is 5. The van der Waals surface area contributed by atoms with Crippen LogP contribution in [0.1, 0.15) is 16.7 Å². The van der Waals surface area contributed by atoms with Crippen LogP contribution in [0.2, 0.25) is 0 Å². The van der Waals surface area contributed by atoms with Crippen molar-refractivity contribution in [3.8, 4) is 16.9 Å². The summed E-state index contributed by atoms with van der Waals surface area (Å²) in [5, 5.41) is 0. The molecule has 3 aliphatic heterocycles. The summed E-state index contributed by atoms with van der Waals surface area (Å²) in [4.78, 5) is 2.50. The standard InChI is InChI=1S/C33H25B2NO/c1-20-18-21(2)31(22(3)19-20)34-25-11-5-7-13-28(25)36-29-14-8-6-12-26(29)35-32-24(16-17-27(34)33(32)36)23-10-4-9-15-30(23)37-35/h4-19H,1-3H3. The lowest BCUT2D eigenvalue weighted by Gasteiger charge is -2.45. The molecule has 0 fully saturated rings. The third-order valence-corrected chi connectivity index (χ3v) is 8.44. The van der Waals surface area contributed by atoms with Gasteiger partial charge in [-0.2, -0.15) is 0 Å². The Bertz CT molecular complexity index is 1750. The van der Waals surface area contributed by atoms with E-state index in [0.717, 1.165) is 5.75 Å².